The van der Waals surface area contributed by atoms with E-state index < -0.39 is 0 Å². The fourth-order valence-corrected chi connectivity index (χ4v) is 3.42. The third kappa shape index (κ3) is 3.01. The van der Waals surface area contributed by atoms with Gasteiger partial charge in [0.15, 0.2) is 12.1 Å². The maximum absolute atomic E-state index is 12.5. The number of hydrogen-bond donors (Lipinski definition) is 2. The Morgan fingerprint density at radius 1 is 1.33 bits per heavy atom. The number of rotatable bonds is 4. The summed E-state index contributed by atoms with van der Waals surface area (Å²) in [5.74, 6) is 1.77. The normalized spacial score (nSPS) is 17.3. The highest BCUT2D eigenvalue weighted by atomic mass is 16.5. The van der Waals surface area contributed by atoms with Crippen LogP contribution < -0.4 is 15.4 Å². The lowest BCUT2D eigenvalue weighted by Crippen LogP contribution is -2.29. The molecule has 2 aromatic rings. The first kappa shape index (κ1) is 15.2. The molecule has 1 aromatic heterocycles. The van der Waals surface area contributed by atoms with Gasteiger partial charge in [0.2, 0.25) is 0 Å². The number of fused-ring (bicyclic) bond motifs is 1. The molecular weight excluding hydrogens is 306 g/mol. The summed E-state index contributed by atoms with van der Waals surface area (Å²) in [7, 11) is 0. The molecule has 0 atom stereocenters. The Hall–Kier alpha value is -2.34. The van der Waals surface area contributed by atoms with Crippen molar-refractivity contribution in [3.63, 3.8) is 0 Å². The predicted molar refractivity (Wildman–Crippen MR) is 88.2 cm³/mol. The van der Waals surface area contributed by atoms with Crippen LogP contribution >= 0.6 is 0 Å². The third-order valence-corrected chi connectivity index (χ3v) is 4.73. The van der Waals surface area contributed by atoms with E-state index >= 15 is 0 Å². The minimum absolute atomic E-state index is 0.172. The van der Waals surface area contributed by atoms with Crippen molar-refractivity contribution in [3.05, 3.63) is 47.2 Å². The van der Waals surface area contributed by atoms with Crippen molar-refractivity contribution in [1.29, 1.82) is 0 Å². The summed E-state index contributed by atoms with van der Waals surface area (Å²) in [6.45, 7) is 3.11. The molecule has 0 saturated carbocycles. The molecule has 4 rings (SSSR count). The van der Waals surface area contributed by atoms with E-state index in [4.69, 9.17) is 9.15 Å². The second kappa shape index (κ2) is 6.65. The monoisotopic (exact) mass is 327 g/mol. The van der Waals surface area contributed by atoms with Gasteiger partial charge < -0.3 is 19.8 Å². The zero-order valence-electron chi connectivity index (χ0n) is 13.5. The van der Waals surface area contributed by atoms with Crippen molar-refractivity contribution >= 4 is 5.91 Å². The van der Waals surface area contributed by atoms with Gasteiger partial charge in [-0.2, -0.15) is 0 Å². The minimum Gasteiger partial charge on any atom is -0.493 e. The molecule has 1 fully saturated rings. The molecule has 126 valence electrons. The predicted octanol–water partition coefficient (Wildman–Crippen LogP) is 2.01. The van der Waals surface area contributed by atoms with Crippen LogP contribution in [0.5, 0.6) is 5.75 Å². The number of amides is 1. The highest BCUT2D eigenvalue weighted by Gasteiger charge is 2.25. The van der Waals surface area contributed by atoms with Crippen LogP contribution in [-0.4, -0.2) is 30.6 Å². The van der Waals surface area contributed by atoms with E-state index in [-0.39, 0.29) is 11.8 Å². The standard InChI is InChI=1S/C18H21N3O3/c22-18(16-17(24-11-21-16)13-3-6-19-7-4-13)20-10-12-1-2-15-14(9-12)5-8-23-15/h1-2,9,11,13,19H,3-8,10H2,(H,20,22). The number of nitrogens with one attached hydrogen (secondary N) is 2. The highest BCUT2D eigenvalue weighted by molar-refractivity contribution is 5.93. The highest BCUT2D eigenvalue weighted by Crippen LogP contribution is 2.28. The number of carbonyl (C=O) groups excluding carboxylic acids is 1. The molecule has 0 aliphatic carbocycles. The molecule has 0 radical (unpaired) electrons. The van der Waals surface area contributed by atoms with Gasteiger partial charge in [-0.05, 0) is 43.1 Å². The number of ether oxygens (including phenoxy) is 1. The van der Waals surface area contributed by atoms with Crippen molar-refractivity contribution in [3.8, 4) is 5.75 Å². The van der Waals surface area contributed by atoms with E-state index in [1.165, 1.54) is 12.0 Å². The molecule has 1 aromatic carbocycles. The van der Waals surface area contributed by atoms with E-state index in [0.717, 1.165) is 56.0 Å². The molecule has 0 unspecified atom stereocenters. The fourth-order valence-electron chi connectivity index (χ4n) is 3.42. The summed E-state index contributed by atoms with van der Waals surface area (Å²) in [4.78, 5) is 16.6. The van der Waals surface area contributed by atoms with Crippen molar-refractivity contribution in [2.75, 3.05) is 19.7 Å². The molecular formula is C18H21N3O3. The largest absolute Gasteiger partial charge is 0.493 e. The van der Waals surface area contributed by atoms with E-state index in [1.807, 2.05) is 12.1 Å². The van der Waals surface area contributed by atoms with Gasteiger partial charge in [0.1, 0.15) is 11.5 Å². The van der Waals surface area contributed by atoms with E-state index in [0.29, 0.717) is 12.2 Å². The van der Waals surface area contributed by atoms with Gasteiger partial charge in [0, 0.05) is 18.9 Å². The molecule has 2 aliphatic rings. The molecule has 0 spiro atoms. The van der Waals surface area contributed by atoms with Crippen LogP contribution in [0.15, 0.2) is 29.0 Å². The van der Waals surface area contributed by atoms with Gasteiger partial charge in [-0.1, -0.05) is 12.1 Å². The maximum atomic E-state index is 12.5. The summed E-state index contributed by atoms with van der Waals surface area (Å²) in [5.41, 5.74) is 2.70. The summed E-state index contributed by atoms with van der Waals surface area (Å²) < 4.78 is 11.0. The fraction of sp³-hybridized carbons (Fsp3) is 0.444. The van der Waals surface area contributed by atoms with Crippen LogP contribution in [0.3, 0.4) is 0 Å². The lowest BCUT2D eigenvalue weighted by molar-refractivity contribution is 0.0943. The van der Waals surface area contributed by atoms with Crippen molar-refractivity contribution in [2.45, 2.75) is 31.7 Å². The second-order valence-electron chi connectivity index (χ2n) is 6.31. The van der Waals surface area contributed by atoms with E-state index in [9.17, 15) is 4.79 Å². The summed E-state index contributed by atoms with van der Waals surface area (Å²) in [5, 5.41) is 6.27. The Morgan fingerprint density at radius 3 is 3.08 bits per heavy atom. The number of nitrogens with zero attached hydrogens (tertiary/aromatic N) is 1. The Labute approximate surface area is 140 Å². The number of aromatic nitrogens is 1. The first-order valence-corrected chi connectivity index (χ1v) is 8.48. The Kier molecular flexibility index (Phi) is 4.21. The quantitative estimate of drug-likeness (QED) is 0.898. The van der Waals surface area contributed by atoms with Crippen molar-refractivity contribution in [2.24, 2.45) is 0 Å². The lowest BCUT2D eigenvalue weighted by atomic mass is 9.94. The van der Waals surface area contributed by atoms with Crippen molar-refractivity contribution < 1.29 is 13.9 Å². The summed E-state index contributed by atoms with van der Waals surface area (Å²) in [6.07, 6.45) is 4.25. The van der Waals surface area contributed by atoms with Gasteiger partial charge in [0.05, 0.1) is 6.61 Å². The molecule has 6 nitrogen and oxygen atoms in total. The van der Waals surface area contributed by atoms with Crippen molar-refractivity contribution in [1.82, 2.24) is 15.6 Å². The van der Waals surface area contributed by atoms with Crippen LogP contribution in [0.1, 0.15) is 46.1 Å². The van der Waals surface area contributed by atoms with E-state index in [1.54, 1.807) is 0 Å². The molecule has 3 heterocycles. The topological polar surface area (TPSA) is 76.4 Å². The van der Waals surface area contributed by atoms with Gasteiger partial charge in [-0.3, -0.25) is 4.79 Å². The molecule has 0 bridgehead atoms. The van der Waals surface area contributed by atoms with Crippen LogP contribution in [0.25, 0.3) is 0 Å². The zero-order valence-corrected chi connectivity index (χ0v) is 13.5. The molecule has 2 N–H and O–H groups in total. The second-order valence-corrected chi connectivity index (χ2v) is 6.31. The van der Waals surface area contributed by atoms with Crippen LogP contribution in [0, 0.1) is 0 Å². The Morgan fingerprint density at radius 2 is 2.21 bits per heavy atom. The van der Waals surface area contributed by atoms with Gasteiger partial charge >= 0.3 is 0 Å². The zero-order chi connectivity index (χ0) is 16.4. The maximum Gasteiger partial charge on any atom is 0.273 e. The number of carbonyl (C=O) groups is 1. The van der Waals surface area contributed by atoms with Gasteiger partial charge in [0.25, 0.3) is 5.91 Å². The average Bonchev–Trinajstić information content (AvgIpc) is 3.29. The summed E-state index contributed by atoms with van der Waals surface area (Å²) in [6, 6.07) is 6.06. The molecule has 1 amide bonds. The smallest absolute Gasteiger partial charge is 0.273 e. The Balaban J connectivity index is 1.42. The number of piperidine rings is 1. The number of hydrogen-bond acceptors (Lipinski definition) is 5. The first-order valence-electron chi connectivity index (χ1n) is 8.48. The van der Waals surface area contributed by atoms with Crippen LogP contribution in [0.2, 0.25) is 0 Å². The molecule has 6 heteroatoms. The molecule has 2 aliphatic heterocycles. The average molecular weight is 327 g/mol. The number of oxazole rings is 1. The lowest BCUT2D eigenvalue weighted by Gasteiger charge is -2.21. The van der Waals surface area contributed by atoms with Gasteiger partial charge in [-0.25, -0.2) is 4.98 Å². The SMILES string of the molecule is O=C(NCc1ccc2c(c1)CCO2)c1ncoc1C1CCNCC1. The first-order chi connectivity index (χ1) is 11.8. The van der Waals surface area contributed by atoms with Crippen LogP contribution in [0.4, 0.5) is 0 Å². The molecule has 24 heavy (non-hydrogen) atoms. The van der Waals surface area contributed by atoms with Crippen LogP contribution in [-0.2, 0) is 13.0 Å². The number of benzene rings is 1. The minimum atomic E-state index is -0.172. The Bertz CT molecular complexity index is 735. The third-order valence-electron chi connectivity index (χ3n) is 4.73. The van der Waals surface area contributed by atoms with E-state index in [2.05, 4.69) is 21.7 Å². The van der Waals surface area contributed by atoms with Gasteiger partial charge in [-0.15, -0.1) is 0 Å². The molecule has 1 saturated heterocycles. The summed E-state index contributed by atoms with van der Waals surface area (Å²) >= 11 is 0.